The number of hydrogen-bond acceptors (Lipinski definition) is 5. The van der Waals surface area contributed by atoms with Gasteiger partial charge < -0.3 is 14.9 Å². The molecule has 0 aromatic carbocycles. The number of hydrogen-bond donors (Lipinski definition) is 2. The maximum atomic E-state index is 17.0. The van der Waals surface area contributed by atoms with Crippen LogP contribution in [0.4, 0.5) is 4.39 Å². The first-order valence-corrected chi connectivity index (χ1v) is 11.1. The number of rotatable bonds is 4. The van der Waals surface area contributed by atoms with Gasteiger partial charge in [0.1, 0.15) is 12.2 Å². The van der Waals surface area contributed by atoms with Gasteiger partial charge in [0.25, 0.3) is 0 Å². The zero-order valence-corrected chi connectivity index (χ0v) is 18.3. The summed E-state index contributed by atoms with van der Waals surface area (Å²) in [7, 11) is 0. The molecule has 166 valence electrons. The van der Waals surface area contributed by atoms with Crippen molar-refractivity contribution in [3.8, 4) is 0 Å². The molecular formula is C24H33FO5. The third-order valence-electron chi connectivity index (χ3n) is 9.08. The third-order valence-corrected chi connectivity index (χ3v) is 9.08. The number of alkyl halides is 1. The van der Waals surface area contributed by atoms with Crippen LogP contribution in [0.1, 0.15) is 53.4 Å². The standard InChI is InChI=1S/C24H33FO5/c1-5-30-13-20(28)24(29)14(2)10-18-17-7-6-15-11-16(26)8-9-21(15,3)23(17,25)19(27)12-22(18,24)4/h8-9,11,14,17-19,27,29H,5-7,10,12-13H2,1-4H3/t14?,17-,18-,19?,21-,22-,23-,24-/m0/s1. The van der Waals surface area contributed by atoms with E-state index >= 15 is 4.39 Å². The summed E-state index contributed by atoms with van der Waals surface area (Å²) in [5, 5.41) is 22.9. The maximum Gasteiger partial charge on any atom is 0.190 e. The fourth-order valence-electron chi connectivity index (χ4n) is 7.45. The van der Waals surface area contributed by atoms with Crippen molar-refractivity contribution < 1.29 is 28.9 Å². The summed E-state index contributed by atoms with van der Waals surface area (Å²) >= 11 is 0. The molecule has 0 bridgehead atoms. The van der Waals surface area contributed by atoms with Crippen LogP contribution in [0.5, 0.6) is 0 Å². The first-order valence-electron chi connectivity index (χ1n) is 11.1. The second-order valence-corrected chi connectivity index (χ2v) is 10.2. The molecule has 0 aromatic rings. The van der Waals surface area contributed by atoms with E-state index in [4.69, 9.17) is 4.74 Å². The van der Waals surface area contributed by atoms with E-state index in [0.717, 1.165) is 5.57 Å². The van der Waals surface area contributed by atoms with Crippen LogP contribution in [0, 0.1) is 28.6 Å². The maximum absolute atomic E-state index is 17.0. The van der Waals surface area contributed by atoms with Gasteiger partial charge in [-0.25, -0.2) is 4.39 Å². The van der Waals surface area contributed by atoms with Crippen molar-refractivity contribution in [3.05, 3.63) is 23.8 Å². The Hall–Kier alpha value is -1.37. The Bertz CT molecular complexity index is 835. The fraction of sp³-hybridized carbons (Fsp3) is 0.750. The predicted molar refractivity (Wildman–Crippen MR) is 109 cm³/mol. The molecule has 6 heteroatoms. The highest BCUT2D eigenvalue weighted by molar-refractivity contribution is 6.01. The van der Waals surface area contributed by atoms with Gasteiger partial charge in [0.2, 0.25) is 0 Å². The summed E-state index contributed by atoms with van der Waals surface area (Å²) in [5.74, 6) is -1.65. The van der Waals surface area contributed by atoms with E-state index in [1.165, 1.54) is 12.2 Å². The topological polar surface area (TPSA) is 83.8 Å². The van der Waals surface area contributed by atoms with E-state index in [2.05, 4.69) is 0 Å². The Morgan fingerprint density at radius 1 is 1.33 bits per heavy atom. The largest absolute Gasteiger partial charge is 0.390 e. The zero-order chi connectivity index (χ0) is 22.1. The van der Waals surface area contributed by atoms with Gasteiger partial charge in [-0.2, -0.15) is 0 Å². The molecule has 0 spiro atoms. The molecule has 2 unspecified atom stereocenters. The summed E-state index contributed by atoms with van der Waals surface area (Å²) < 4.78 is 22.3. The molecule has 3 saturated carbocycles. The molecular weight excluding hydrogens is 387 g/mol. The molecule has 0 saturated heterocycles. The molecule has 4 aliphatic rings. The van der Waals surface area contributed by atoms with Crippen LogP contribution in [-0.2, 0) is 14.3 Å². The van der Waals surface area contributed by atoms with Crippen LogP contribution in [0.3, 0.4) is 0 Å². The molecule has 4 rings (SSSR count). The van der Waals surface area contributed by atoms with Crippen molar-refractivity contribution in [1.82, 2.24) is 0 Å². The Balaban J connectivity index is 1.77. The van der Waals surface area contributed by atoms with Gasteiger partial charge >= 0.3 is 0 Å². The Morgan fingerprint density at radius 2 is 2.03 bits per heavy atom. The third kappa shape index (κ3) is 2.44. The molecule has 0 heterocycles. The molecule has 4 aliphatic carbocycles. The lowest BCUT2D eigenvalue weighted by molar-refractivity contribution is -0.219. The minimum Gasteiger partial charge on any atom is -0.390 e. The zero-order valence-electron chi connectivity index (χ0n) is 18.3. The van der Waals surface area contributed by atoms with Gasteiger partial charge in [-0.3, -0.25) is 9.59 Å². The highest BCUT2D eigenvalue weighted by Crippen LogP contribution is 2.70. The van der Waals surface area contributed by atoms with E-state index in [-0.39, 0.29) is 36.4 Å². The van der Waals surface area contributed by atoms with Crippen molar-refractivity contribution in [2.24, 2.45) is 28.6 Å². The molecule has 0 radical (unpaired) electrons. The number of aliphatic hydroxyl groups is 2. The lowest BCUT2D eigenvalue weighted by atomic mass is 9.44. The second-order valence-electron chi connectivity index (χ2n) is 10.2. The lowest BCUT2D eigenvalue weighted by Gasteiger charge is -2.62. The van der Waals surface area contributed by atoms with Crippen molar-refractivity contribution >= 4 is 11.6 Å². The van der Waals surface area contributed by atoms with E-state index in [1.54, 1.807) is 19.9 Å². The minimum atomic E-state index is -1.95. The quantitative estimate of drug-likeness (QED) is 0.731. The van der Waals surface area contributed by atoms with Crippen molar-refractivity contribution in [3.63, 3.8) is 0 Å². The second kappa shape index (κ2) is 6.81. The predicted octanol–water partition coefficient (Wildman–Crippen LogP) is 2.94. The van der Waals surface area contributed by atoms with Crippen LogP contribution in [0.15, 0.2) is 23.8 Å². The molecule has 0 aliphatic heterocycles. The molecule has 8 atom stereocenters. The van der Waals surface area contributed by atoms with Gasteiger partial charge in [0.05, 0.1) is 6.10 Å². The monoisotopic (exact) mass is 420 g/mol. The number of carbonyl (C=O) groups excluding carboxylic acids is 2. The summed E-state index contributed by atoms with van der Waals surface area (Å²) in [4.78, 5) is 25.0. The number of aliphatic hydroxyl groups excluding tert-OH is 1. The highest BCUT2D eigenvalue weighted by Gasteiger charge is 2.75. The molecule has 30 heavy (non-hydrogen) atoms. The van der Waals surface area contributed by atoms with Crippen molar-refractivity contribution in [1.29, 1.82) is 0 Å². The van der Waals surface area contributed by atoms with Gasteiger partial charge in [0, 0.05) is 23.4 Å². The number of fused-ring (bicyclic) bond motifs is 5. The molecule has 3 fully saturated rings. The summed E-state index contributed by atoms with van der Waals surface area (Å²) in [6.07, 6.45) is 4.74. The van der Waals surface area contributed by atoms with Gasteiger partial charge in [-0.1, -0.05) is 25.5 Å². The Labute approximate surface area is 177 Å². The Kier molecular flexibility index (Phi) is 4.96. The van der Waals surface area contributed by atoms with Crippen LogP contribution < -0.4 is 0 Å². The van der Waals surface area contributed by atoms with E-state index in [9.17, 15) is 19.8 Å². The smallest absolute Gasteiger partial charge is 0.190 e. The number of ketones is 2. The molecule has 5 nitrogen and oxygen atoms in total. The minimum absolute atomic E-state index is 0.00592. The normalized spacial score (nSPS) is 49.8. The lowest BCUT2D eigenvalue weighted by Crippen LogP contribution is -2.69. The van der Waals surface area contributed by atoms with Gasteiger partial charge in [-0.15, -0.1) is 0 Å². The van der Waals surface area contributed by atoms with Crippen LogP contribution in [0.2, 0.25) is 0 Å². The van der Waals surface area contributed by atoms with Crippen LogP contribution in [0.25, 0.3) is 0 Å². The number of ether oxygens (including phenoxy) is 1. The first-order chi connectivity index (χ1) is 14.0. The van der Waals surface area contributed by atoms with Crippen molar-refractivity contribution in [2.75, 3.05) is 13.2 Å². The average molecular weight is 421 g/mol. The molecule has 0 aromatic heterocycles. The molecule has 2 N–H and O–H groups in total. The Morgan fingerprint density at radius 3 is 2.70 bits per heavy atom. The number of carbonyl (C=O) groups is 2. The first kappa shape index (κ1) is 21.8. The van der Waals surface area contributed by atoms with E-state index < -0.39 is 34.1 Å². The number of halogens is 1. The highest BCUT2D eigenvalue weighted by atomic mass is 19.1. The van der Waals surface area contributed by atoms with Crippen molar-refractivity contribution in [2.45, 2.75) is 70.8 Å². The molecule has 0 amide bonds. The summed E-state index contributed by atoms with van der Waals surface area (Å²) in [6, 6.07) is 0. The number of allylic oxidation sites excluding steroid dienone is 4. The van der Waals surface area contributed by atoms with E-state index in [1.807, 2.05) is 13.8 Å². The SMILES string of the molecule is CCOCC(=O)[C@@]1(O)C(C)C[C@H]2[C@@H]3CCC4=CC(=O)C=C[C@]4(C)[C@@]3(F)C(O)C[C@@]21C. The number of Topliss-reactive ketones (excluding diaryl/α,β-unsaturated/α-hetero) is 1. The van der Waals surface area contributed by atoms with Crippen LogP contribution in [-0.4, -0.2) is 52.4 Å². The van der Waals surface area contributed by atoms with Gasteiger partial charge in [0.15, 0.2) is 17.2 Å². The fourth-order valence-corrected chi connectivity index (χ4v) is 7.45. The van der Waals surface area contributed by atoms with Gasteiger partial charge in [-0.05, 0) is 63.5 Å². The average Bonchev–Trinajstić information content (AvgIpc) is 2.89. The summed E-state index contributed by atoms with van der Waals surface area (Å²) in [6.45, 7) is 7.42. The van der Waals surface area contributed by atoms with E-state index in [0.29, 0.717) is 25.9 Å². The van der Waals surface area contributed by atoms with Crippen LogP contribution >= 0.6 is 0 Å². The summed E-state index contributed by atoms with van der Waals surface area (Å²) in [5.41, 5.74) is -4.89.